The summed E-state index contributed by atoms with van der Waals surface area (Å²) in [6.07, 6.45) is 1.56. The van der Waals surface area contributed by atoms with E-state index in [9.17, 15) is 14.4 Å². The van der Waals surface area contributed by atoms with Crippen molar-refractivity contribution >= 4 is 29.1 Å². The van der Waals surface area contributed by atoms with E-state index in [1.54, 1.807) is 4.57 Å². The Morgan fingerprint density at radius 1 is 1.42 bits per heavy atom. The molecule has 128 valence electrons. The summed E-state index contributed by atoms with van der Waals surface area (Å²) in [5, 5.41) is 0. The summed E-state index contributed by atoms with van der Waals surface area (Å²) in [7, 11) is 0. The predicted molar refractivity (Wildman–Crippen MR) is 81.9 cm³/mol. The number of carbonyl (C=O) groups excluding carboxylic acids is 2. The highest BCUT2D eigenvalue weighted by Gasteiger charge is 2.46. The van der Waals surface area contributed by atoms with Crippen LogP contribution in [0.5, 0.6) is 0 Å². The number of nitrogens with one attached hydrogen (secondary N) is 1. The zero-order chi connectivity index (χ0) is 17.4. The highest BCUT2D eigenvalue weighted by molar-refractivity contribution is 5.71. The second-order valence-corrected chi connectivity index (χ2v) is 5.71. The number of aromatic nitrogens is 4. The SMILES string of the molecule is CC(=O)OC[C@H]1C[C@@H](n2cnc3c(=O)[nH]c(N)nc32)[C@@H]1OC(C)=O. The van der Waals surface area contributed by atoms with Gasteiger partial charge in [-0.1, -0.05) is 0 Å². The first-order valence-electron chi connectivity index (χ1n) is 7.39. The van der Waals surface area contributed by atoms with Crippen LogP contribution in [-0.2, 0) is 19.1 Å². The van der Waals surface area contributed by atoms with Crippen LogP contribution in [0, 0.1) is 5.92 Å². The molecular weight excluding hydrogens is 318 g/mol. The number of carbonyl (C=O) groups is 2. The Morgan fingerprint density at radius 2 is 2.17 bits per heavy atom. The first-order chi connectivity index (χ1) is 11.4. The molecule has 10 nitrogen and oxygen atoms in total. The van der Waals surface area contributed by atoms with Gasteiger partial charge in [-0.2, -0.15) is 4.98 Å². The number of hydrogen-bond donors (Lipinski definition) is 2. The van der Waals surface area contributed by atoms with Crippen LogP contribution in [0.4, 0.5) is 5.95 Å². The van der Waals surface area contributed by atoms with Crippen LogP contribution in [0.15, 0.2) is 11.1 Å². The van der Waals surface area contributed by atoms with Gasteiger partial charge in [-0.05, 0) is 6.42 Å². The molecule has 1 aliphatic carbocycles. The largest absolute Gasteiger partial charge is 0.465 e. The van der Waals surface area contributed by atoms with Gasteiger partial charge >= 0.3 is 11.9 Å². The number of nitrogen functional groups attached to an aromatic ring is 1. The molecule has 10 heteroatoms. The molecule has 3 N–H and O–H groups in total. The standard InChI is InChI=1S/C14H17N5O5/c1-6(20)23-4-8-3-9(11(8)24-7(2)21)19-5-16-10-12(19)17-14(15)18-13(10)22/h5,8-9,11H,3-4H2,1-2H3,(H3,15,17,18,22)/t8-,9-,11-/m1/s1. The molecule has 1 aliphatic rings. The van der Waals surface area contributed by atoms with E-state index in [4.69, 9.17) is 15.2 Å². The molecule has 0 radical (unpaired) electrons. The fourth-order valence-corrected chi connectivity index (χ4v) is 2.91. The third-order valence-electron chi connectivity index (χ3n) is 4.00. The van der Waals surface area contributed by atoms with Crippen molar-refractivity contribution in [3.05, 3.63) is 16.7 Å². The van der Waals surface area contributed by atoms with Crippen molar-refractivity contribution in [2.75, 3.05) is 12.3 Å². The summed E-state index contributed by atoms with van der Waals surface area (Å²) in [4.78, 5) is 44.7. The van der Waals surface area contributed by atoms with Crippen LogP contribution in [0.25, 0.3) is 11.2 Å². The van der Waals surface area contributed by atoms with Crippen molar-refractivity contribution in [3.8, 4) is 0 Å². The van der Waals surface area contributed by atoms with E-state index >= 15 is 0 Å². The average Bonchev–Trinajstić information content (AvgIpc) is 2.87. The van der Waals surface area contributed by atoms with Gasteiger partial charge in [-0.3, -0.25) is 19.4 Å². The maximum absolute atomic E-state index is 11.8. The van der Waals surface area contributed by atoms with Crippen LogP contribution < -0.4 is 11.3 Å². The van der Waals surface area contributed by atoms with E-state index < -0.39 is 23.6 Å². The van der Waals surface area contributed by atoms with Crippen molar-refractivity contribution < 1.29 is 19.1 Å². The van der Waals surface area contributed by atoms with E-state index in [-0.39, 0.29) is 30.0 Å². The summed E-state index contributed by atoms with van der Waals surface area (Å²) >= 11 is 0. The fourth-order valence-electron chi connectivity index (χ4n) is 2.91. The number of aromatic amines is 1. The minimum absolute atomic E-state index is 0.0194. The van der Waals surface area contributed by atoms with E-state index in [0.29, 0.717) is 12.1 Å². The van der Waals surface area contributed by atoms with Gasteiger partial charge in [-0.15, -0.1) is 0 Å². The maximum Gasteiger partial charge on any atom is 0.302 e. The van der Waals surface area contributed by atoms with Crippen molar-refractivity contribution in [2.24, 2.45) is 5.92 Å². The first-order valence-corrected chi connectivity index (χ1v) is 7.39. The monoisotopic (exact) mass is 335 g/mol. The third kappa shape index (κ3) is 2.82. The van der Waals surface area contributed by atoms with Crippen LogP contribution >= 0.6 is 0 Å². The molecular formula is C14H17N5O5. The number of ether oxygens (including phenoxy) is 2. The van der Waals surface area contributed by atoms with E-state index in [0.717, 1.165) is 0 Å². The second-order valence-electron chi connectivity index (χ2n) is 5.71. The number of fused-ring (bicyclic) bond motifs is 1. The number of nitrogens with zero attached hydrogens (tertiary/aromatic N) is 3. The molecule has 3 rings (SSSR count). The number of rotatable bonds is 4. The number of hydrogen-bond acceptors (Lipinski definition) is 8. The van der Waals surface area contributed by atoms with Crippen molar-refractivity contribution in [3.63, 3.8) is 0 Å². The summed E-state index contributed by atoms with van der Waals surface area (Å²) in [5.41, 5.74) is 5.64. The van der Waals surface area contributed by atoms with Gasteiger partial charge in [0.2, 0.25) is 5.95 Å². The Morgan fingerprint density at radius 3 is 2.83 bits per heavy atom. The zero-order valence-electron chi connectivity index (χ0n) is 13.2. The Kier molecular flexibility index (Phi) is 3.96. The highest BCUT2D eigenvalue weighted by atomic mass is 16.6. The van der Waals surface area contributed by atoms with Crippen LogP contribution in [0.1, 0.15) is 26.3 Å². The molecule has 0 aromatic carbocycles. The minimum atomic E-state index is -0.499. The van der Waals surface area contributed by atoms with E-state index in [1.165, 1.54) is 20.2 Å². The van der Waals surface area contributed by atoms with Crippen LogP contribution in [0.2, 0.25) is 0 Å². The Balaban J connectivity index is 1.89. The van der Waals surface area contributed by atoms with E-state index in [2.05, 4.69) is 15.0 Å². The Hall–Kier alpha value is -2.91. The topological polar surface area (TPSA) is 142 Å². The number of H-pyrrole nitrogens is 1. The van der Waals surface area contributed by atoms with Crippen LogP contribution in [0.3, 0.4) is 0 Å². The van der Waals surface area contributed by atoms with Gasteiger partial charge in [0.1, 0.15) is 6.10 Å². The van der Waals surface area contributed by atoms with Gasteiger partial charge in [0.25, 0.3) is 5.56 Å². The van der Waals surface area contributed by atoms with Crippen molar-refractivity contribution in [1.82, 2.24) is 19.5 Å². The van der Waals surface area contributed by atoms with Crippen molar-refractivity contribution in [1.29, 1.82) is 0 Å². The van der Waals surface area contributed by atoms with Gasteiger partial charge in [0.05, 0.1) is 19.0 Å². The summed E-state index contributed by atoms with van der Waals surface area (Å²) < 4.78 is 12.0. The molecule has 1 saturated carbocycles. The summed E-state index contributed by atoms with van der Waals surface area (Å²) in [5.74, 6) is -0.977. The molecule has 0 spiro atoms. The lowest BCUT2D eigenvalue weighted by Gasteiger charge is -2.43. The molecule has 2 aromatic rings. The van der Waals surface area contributed by atoms with Gasteiger partial charge in [0, 0.05) is 19.8 Å². The molecule has 24 heavy (non-hydrogen) atoms. The molecule has 2 aromatic heterocycles. The summed E-state index contributed by atoms with van der Waals surface area (Å²) in [6, 6.07) is -0.256. The Labute approximate surface area is 136 Å². The third-order valence-corrected chi connectivity index (χ3v) is 4.00. The maximum atomic E-state index is 11.8. The highest BCUT2D eigenvalue weighted by Crippen LogP contribution is 2.41. The smallest absolute Gasteiger partial charge is 0.302 e. The molecule has 0 bridgehead atoms. The molecule has 0 amide bonds. The number of esters is 2. The van der Waals surface area contributed by atoms with Gasteiger partial charge in [0.15, 0.2) is 11.2 Å². The normalized spacial score (nSPS) is 22.8. The molecule has 1 fully saturated rings. The predicted octanol–water partition coefficient (Wildman–Crippen LogP) is -0.242. The zero-order valence-corrected chi connectivity index (χ0v) is 13.2. The Bertz CT molecular complexity index is 857. The lowest BCUT2D eigenvalue weighted by Crippen LogP contribution is -2.48. The molecule has 0 aliphatic heterocycles. The fraction of sp³-hybridized carbons (Fsp3) is 0.500. The minimum Gasteiger partial charge on any atom is -0.465 e. The number of anilines is 1. The molecule has 0 saturated heterocycles. The molecule has 0 unspecified atom stereocenters. The van der Waals surface area contributed by atoms with E-state index in [1.807, 2.05) is 0 Å². The number of imidazole rings is 1. The molecule has 2 heterocycles. The lowest BCUT2D eigenvalue weighted by atomic mass is 9.77. The van der Waals surface area contributed by atoms with Gasteiger partial charge < -0.3 is 19.8 Å². The average molecular weight is 335 g/mol. The second kappa shape index (κ2) is 5.95. The van der Waals surface area contributed by atoms with Crippen molar-refractivity contribution in [2.45, 2.75) is 32.4 Å². The number of nitrogens with two attached hydrogens (primary N) is 1. The quantitative estimate of drug-likeness (QED) is 0.729. The lowest BCUT2D eigenvalue weighted by molar-refractivity contribution is -0.168. The van der Waals surface area contributed by atoms with Crippen LogP contribution in [-0.4, -0.2) is 44.2 Å². The van der Waals surface area contributed by atoms with Gasteiger partial charge in [-0.25, -0.2) is 4.98 Å². The molecule has 3 atom stereocenters. The first kappa shape index (κ1) is 16.0. The summed E-state index contributed by atoms with van der Waals surface area (Å²) in [6.45, 7) is 2.79.